The normalized spacial score (nSPS) is 13.0. The smallest absolute Gasteiger partial charge is 0.136 e. The van der Waals surface area contributed by atoms with Gasteiger partial charge in [-0.05, 0) is 51.0 Å². The average Bonchev–Trinajstić information content (AvgIpc) is 2.43. The van der Waals surface area contributed by atoms with E-state index in [1.165, 1.54) is 11.1 Å². The molecule has 0 heterocycles. The lowest BCUT2D eigenvalue weighted by Crippen LogP contribution is -2.39. The molecule has 0 aromatic heterocycles. The first-order valence-electron chi connectivity index (χ1n) is 7.47. The maximum absolute atomic E-state index is 6.21. The quantitative estimate of drug-likeness (QED) is 0.872. The number of hydrogen-bond acceptors (Lipinski definition) is 2. The Hall–Kier alpha value is -1.80. The largest absolute Gasteiger partial charge is 0.484 e. The van der Waals surface area contributed by atoms with E-state index in [-0.39, 0.29) is 11.6 Å². The van der Waals surface area contributed by atoms with E-state index in [0.717, 1.165) is 12.3 Å². The molecule has 0 fully saturated rings. The second-order valence-corrected chi connectivity index (χ2v) is 6.46. The van der Waals surface area contributed by atoms with Crippen molar-refractivity contribution in [2.45, 2.75) is 39.3 Å². The zero-order valence-electron chi connectivity index (χ0n) is 13.4. The standard InChI is InChI=1S/C19H25NO/c1-15-9-8-12-17(13-15)21-18(14-20-19(2,3)4)16-10-6-5-7-11-16/h5-13,18,20H,14H2,1-4H3. The van der Waals surface area contributed by atoms with Crippen molar-refractivity contribution in [3.8, 4) is 5.75 Å². The zero-order valence-corrected chi connectivity index (χ0v) is 13.4. The van der Waals surface area contributed by atoms with E-state index >= 15 is 0 Å². The molecule has 2 heteroatoms. The van der Waals surface area contributed by atoms with Crippen LogP contribution in [0, 0.1) is 6.92 Å². The van der Waals surface area contributed by atoms with Gasteiger partial charge in [0, 0.05) is 12.1 Å². The summed E-state index contributed by atoms with van der Waals surface area (Å²) in [5, 5.41) is 3.53. The van der Waals surface area contributed by atoms with Crippen molar-refractivity contribution in [2.75, 3.05) is 6.54 Å². The van der Waals surface area contributed by atoms with Crippen LogP contribution in [0.25, 0.3) is 0 Å². The summed E-state index contributed by atoms with van der Waals surface area (Å²) in [4.78, 5) is 0. The number of rotatable bonds is 5. The van der Waals surface area contributed by atoms with Crippen LogP contribution < -0.4 is 10.1 Å². The predicted octanol–water partition coefficient (Wildman–Crippen LogP) is 4.50. The Labute approximate surface area is 128 Å². The number of benzene rings is 2. The Bertz CT molecular complexity index is 557. The lowest BCUT2D eigenvalue weighted by atomic mass is 10.1. The molecule has 0 saturated carbocycles. The third kappa shape index (κ3) is 5.24. The van der Waals surface area contributed by atoms with Gasteiger partial charge in [0.2, 0.25) is 0 Å². The van der Waals surface area contributed by atoms with Crippen LogP contribution in [0.15, 0.2) is 54.6 Å². The molecule has 112 valence electrons. The van der Waals surface area contributed by atoms with Crippen molar-refractivity contribution in [2.24, 2.45) is 0 Å². The van der Waals surface area contributed by atoms with E-state index in [4.69, 9.17) is 4.74 Å². The fourth-order valence-corrected chi connectivity index (χ4v) is 2.15. The van der Waals surface area contributed by atoms with Crippen molar-refractivity contribution < 1.29 is 4.74 Å². The molecule has 2 aromatic carbocycles. The summed E-state index contributed by atoms with van der Waals surface area (Å²) < 4.78 is 6.21. The maximum Gasteiger partial charge on any atom is 0.136 e. The van der Waals surface area contributed by atoms with Gasteiger partial charge < -0.3 is 10.1 Å². The Morgan fingerprint density at radius 1 is 1.00 bits per heavy atom. The Balaban J connectivity index is 2.16. The highest BCUT2D eigenvalue weighted by atomic mass is 16.5. The topological polar surface area (TPSA) is 21.3 Å². The summed E-state index contributed by atoms with van der Waals surface area (Å²) >= 11 is 0. The number of aryl methyl sites for hydroxylation is 1. The van der Waals surface area contributed by atoms with E-state index < -0.39 is 0 Å². The minimum Gasteiger partial charge on any atom is -0.484 e. The van der Waals surface area contributed by atoms with Crippen molar-refractivity contribution in [3.05, 3.63) is 65.7 Å². The van der Waals surface area contributed by atoms with Gasteiger partial charge in [-0.2, -0.15) is 0 Å². The molecule has 0 aliphatic carbocycles. The molecule has 0 saturated heterocycles. The lowest BCUT2D eigenvalue weighted by molar-refractivity contribution is 0.188. The lowest BCUT2D eigenvalue weighted by Gasteiger charge is -2.26. The average molecular weight is 283 g/mol. The minimum atomic E-state index is 0.00669. The van der Waals surface area contributed by atoms with Gasteiger partial charge >= 0.3 is 0 Å². The second-order valence-electron chi connectivity index (χ2n) is 6.46. The summed E-state index contributed by atoms with van der Waals surface area (Å²) in [5.41, 5.74) is 2.47. The van der Waals surface area contributed by atoms with Gasteiger partial charge in [-0.15, -0.1) is 0 Å². The molecule has 0 radical (unpaired) electrons. The van der Waals surface area contributed by atoms with Crippen LogP contribution in [0.5, 0.6) is 5.75 Å². The first-order valence-corrected chi connectivity index (χ1v) is 7.47. The van der Waals surface area contributed by atoms with E-state index in [1.54, 1.807) is 0 Å². The van der Waals surface area contributed by atoms with E-state index in [2.05, 4.69) is 69.4 Å². The summed E-state index contributed by atoms with van der Waals surface area (Å²) in [7, 11) is 0. The van der Waals surface area contributed by atoms with Gasteiger partial charge in [0.1, 0.15) is 11.9 Å². The van der Waals surface area contributed by atoms with Crippen LogP contribution in [0.1, 0.15) is 38.0 Å². The van der Waals surface area contributed by atoms with Crippen LogP contribution in [-0.4, -0.2) is 12.1 Å². The van der Waals surface area contributed by atoms with Crippen molar-refractivity contribution in [1.82, 2.24) is 5.32 Å². The maximum atomic E-state index is 6.21. The summed E-state index contributed by atoms with van der Waals surface area (Å²) in [6, 6.07) is 18.6. The summed E-state index contributed by atoms with van der Waals surface area (Å²) in [5.74, 6) is 0.916. The molecule has 0 bridgehead atoms. The molecule has 21 heavy (non-hydrogen) atoms. The Morgan fingerprint density at radius 2 is 1.71 bits per heavy atom. The highest BCUT2D eigenvalue weighted by molar-refractivity contribution is 5.29. The monoisotopic (exact) mass is 283 g/mol. The van der Waals surface area contributed by atoms with Crippen LogP contribution >= 0.6 is 0 Å². The van der Waals surface area contributed by atoms with Gasteiger partial charge in [-0.3, -0.25) is 0 Å². The fraction of sp³-hybridized carbons (Fsp3) is 0.368. The van der Waals surface area contributed by atoms with Gasteiger partial charge in [-0.25, -0.2) is 0 Å². The van der Waals surface area contributed by atoms with Gasteiger partial charge in [0.05, 0.1) is 0 Å². The van der Waals surface area contributed by atoms with Crippen molar-refractivity contribution >= 4 is 0 Å². The zero-order chi connectivity index (χ0) is 15.3. The van der Waals surface area contributed by atoms with Gasteiger partial charge in [-0.1, -0.05) is 42.5 Å². The van der Waals surface area contributed by atoms with Gasteiger partial charge in [0.25, 0.3) is 0 Å². The van der Waals surface area contributed by atoms with Crippen LogP contribution in [-0.2, 0) is 0 Å². The number of hydrogen-bond donors (Lipinski definition) is 1. The molecule has 1 atom stereocenters. The van der Waals surface area contributed by atoms with Crippen molar-refractivity contribution in [1.29, 1.82) is 0 Å². The van der Waals surface area contributed by atoms with E-state index in [1.807, 2.05) is 18.2 Å². The predicted molar refractivity (Wildman–Crippen MR) is 88.7 cm³/mol. The number of nitrogens with one attached hydrogen (secondary N) is 1. The molecule has 0 spiro atoms. The highest BCUT2D eigenvalue weighted by Gasteiger charge is 2.17. The molecular weight excluding hydrogens is 258 g/mol. The molecular formula is C19H25NO. The van der Waals surface area contributed by atoms with Crippen LogP contribution in [0.2, 0.25) is 0 Å². The molecule has 0 amide bonds. The summed E-state index contributed by atoms with van der Waals surface area (Å²) in [6.07, 6.45) is 0.00669. The Kier molecular flexibility index (Phi) is 5.03. The fourth-order valence-electron chi connectivity index (χ4n) is 2.15. The third-order valence-corrected chi connectivity index (χ3v) is 3.26. The van der Waals surface area contributed by atoms with Crippen LogP contribution in [0.4, 0.5) is 0 Å². The summed E-state index contributed by atoms with van der Waals surface area (Å²) in [6.45, 7) is 9.37. The van der Waals surface area contributed by atoms with E-state index in [9.17, 15) is 0 Å². The molecule has 1 unspecified atom stereocenters. The highest BCUT2D eigenvalue weighted by Crippen LogP contribution is 2.23. The molecule has 2 aromatic rings. The second kappa shape index (κ2) is 6.77. The van der Waals surface area contributed by atoms with Crippen molar-refractivity contribution in [3.63, 3.8) is 0 Å². The van der Waals surface area contributed by atoms with Crippen LogP contribution in [0.3, 0.4) is 0 Å². The van der Waals surface area contributed by atoms with Gasteiger partial charge in [0.15, 0.2) is 0 Å². The van der Waals surface area contributed by atoms with E-state index in [0.29, 0.717) is 0 Å². The molecule has 0 aliphatic heterocycles. The number of ether oxygens (including phenoxy) is 1. The SMILES string of the molecule is Cc1cccc(OC(CNC(C)(C)C)c2ccccc2)c1. The third-order valence-electron chi connectivity index (χ3n) is 3.26. The molecule has 1 N–H and O–H groups in total. The molecule has 2 rings (SSSR count). The minimum absolute atomic E-state index is 0.00669. The molecule has 0 aliphatic rings. The first-order chi connectivity index (χ1) is 9.94. The Morgan fingerprint density at radius 3 is 2.33 bits per heavy atom. The molecule has 2 nitrogen and oxygen atoms in total. The first kappa shape index (κ1) is 15.6.